The molecule has 2 aromatic rings. The topological polar surface area (TPSA) is 65.1 Å². The average molecular weight is 262 g/mol. The van der Waals surface area contributed by atoms with Gasteiger partial charge in [0.2, 0.25) is 0 Å². The first kappa shape index (κ1) is 11.5. The summed E-state index contributed by atoms with van der Waals surface area (Å²) in [5.74, 6) is 0.330. The monoisotopic (exact) mass is 262 g/mol. The zero-order valence-corrected chi connectivity index (χ0v) is 10.6. The van der Waals surface area contributed by atoms with Crippen molar-refractivity contribution in [3.8, 4) is 5.75 Å². The first-order valence-electron chi connectivity index (χ1n) is 5.94. The standard InChI is InChI=1S/C13H14N2O2S/c16-10-2-3-11-8(5-10)1-4-12(11)14-6-9-7-18-13(17)15-9/h2-3,5,7,12,14,16H,1,4,6H2,(H,15,17). The minimum atomic E-state index is -0.0106. The molecule has 0 fully saturated rings. The third-order valence-electron chi connectivity index (χ3n) is 3.31. The number of phenolic OH excluding ortho intramolecular Hbond substituents is 1. The number of rotatable bonds is 3. The van der Waals surface area contributed by atoms with Crippen molar-refractivity contribution in [3.05, 3.63) is 50.1 Å². The fourth-order valence-electron chi connectivity index (χ4n) is 2.45. The van der Waals surface area contributed by atoms with Gasteiger partial charge in [0.15, 0.2) is 0 Å². The molecule has 0 aliphatic heterocycles. The number of hydrogen-bond donors (Lipinski definition) is 3. The number of aromatic hydroxyl groups is 1. The van der Waals surface area contributed by atoms with Gasteiger partial charge in [0.05, 0.1) is 0 Å². The van der Waals surface area contributed by atoms with E-state index in [1.54, 1.807) is 6.07 Å². The lowest BCUT2D eigenvalue weighted by molar-refractivity contribution is 0.474. The molecule has 0 saturated heterocycles. The Morgan fingerprint density at radius 2 is 2.39 bits per heavy atom. The Morgan fingerprint density at radius 1 is 1.50 bits per heavy atom. The van der Waals surface area contributed by atoms with Gasteiger partial charge in [-0.15, -0.1) is 0 Å². The molecule has 1 aliphatic rings. The number of benzene rings is 1. The molecule has 1 heterocycles. The summed E-state index contributed by atoms with van der Waals surface area (Å²) in [4.78, 5) is 13.8. The lowest BCUT2D eigenvalue weighted by Crippen LogP contribution is -2.19. The normalized spacial score (nSPS) is 17.9. The number of aromatic amines is 1. The minimum absolute atomic E-state index is 0.0106. The molecule has 1 atom stereocenters. The number of fused-ring (bicyclic) bond motifs is 1. The van der Waals surface area contributed by atoms with E-state index in [0.717, 1.165) is 18.5 Å². The van der Waals surface area contributed by atoms with Gasteiger partial charge in [0.1, 0.15) is 5.75 Å². The Morgan fingerprint density at radius 3 is 3.17 bits per heavy atom. The molecule has 1 aromatic carbocycles. The lowest BCUT2D eigenvalue weighted by atomic mass is 10.1. The third kappa shape index (κ3) is 2.19. The average Bonchev–Trinajstić information content (AvgIpc) is 2.92. The third-order valence-corrected chi connectivity index (χ3v) is 4.03. The van der Waals surface area contributed by atoms with Gasteiger partial charge in [-0.2, -0.15) is 0 Å². The molecule has 3 N–H and O–H groups in total. The molecule has 18 heavy (non-hydrogen) atoms. The first-order chi connectivity index (χ1) is 8.72. The summed E-state index contributed by atoms with van der Waals surface area (Å²) in [7, 11) is 0. The second-order valence-corrected chi connectivity index (χ2v) is 5.37. The molecular weight excluding hydrogens is 248 g/mol. The Bertz CT molecular complexity index is 617. The Labute approximate surface area is 108 Å². The molecule has 94 valence electrons. The van der Waals surface area contributed by atoms with Gasteiger partial charge >= 0.3 is 4.87 Å². The molecule has 0 saturated carbocycles. The highest BCUT2D eigenvalue weighted by Crippen LogP contribution is 2.33. The molecule has 0 spiro atoms. The van der Waals surface area contributed by atoms with E-state index in [9.17, 15) is 9.90 Å². The van der Waals surface area contributed by atoms with Crippen LogP contribution in [0, 0.1) is 0 Å². The van der Waals surface area contributed by atoms with E-state index in [2.05, 4.69) is 10.3 Å². The highest BCUT2D eigenvalue weighted by molar-refractivity contribution is 7.07. The highest BCUT2D eigenvalue weighted by Gasteiger charge is 2.22. The SMILES string of the molecule is O=c1[nH]c(CNC2CCc3cc(O)ccc32)cs1. The van der Waals surface area contributed by atoms with Gasteiger partial charge < -0.3 is 15.4 Å². The first-order valence-corrected chi connectivity index (χ1v) is 6.82. The second kappa shape index (κ2) is 4.59. The van der Waals surface area contributed by atoms with E-state index in [1.807, 2.05) is 17.5 Å². The van der Waals surface area contributed by atoms with Crippen molar-refractivity contribution in [2.45, 2.75) is 25.4 Å². The number of aromatic nitrogens is 1. The molecule has 1 unspecified atom stereocenters. The fraction of sp³-hybridized carbons (Fsp3) is 0.308. The van der Waals surface area contributed by atoms with E-state index >= 15 is 0 Å². The van der Waals surface area contributed by atoms with Crippen LogP contribution in [0.4, 0.5) is 0 Å². The molecule has 0 amide bonds. The molecule has 3 rings (SSSR count). The van der Waals surface area contributed by atoms with Gasteiger partial charge in [-0.05, 0) is 36.1 Å². The molecule has 4 nitrogen and oxygen atoms in total. The zero-order valence-electron chi connectivity index (χ0n) is 9.77. The summed E-state index contributed by atoms with van der Waals surface area (Å²) in [6, 6.07) is 5.85. The van der Waals surface area contributed by atoms with Crippen LogP contribution < -0.4 is 10.2 Å². The van der Waals surface area contributed by atoms with Gasteiger partial charge in [-0.3, -0.25) is 4.79 Å². The predicted molar refractivity (Wildman–Crippen MR) is 70.9 cm³/mol. The molecule has 0 radical (unpaired) electrons. The van der Waals surface area contributed by atoms with Crippen LogP contribution >= 0.6 is 11.3 Å². The second-order valence-electron chi connectivity index (χ2n) is 4.53. The van der Waals surface area contributed by atoms with Crippen LogP contribution in [0.3, 0.4) is 0 Å². The number of hydrogen-bond acceptors (Lipinski definition) is 4. The summed E-state index contributed by atoms with van der Waals surface area (Å²) in [6.07, 6.45) is 2.02. The maximum Gasteiger partial charge on any atom is 0.304 e. The Hall–Kier alpha value is -1.59. The molecule has 0 bridgehead atoms. The summed E-state index contributed by atoms with van der Waals surface area (Å²) >= 11 is 1.19. The van der Waals surface area contributed by atoms with Crippen molar-refractivity contribution in [2.75, 3.05) is 0 Å². The van der Waals surface area contributed by atoms with Crippen LogP contribution in [0.1, 0.15) is 29.3 Å². The van der Waals surface area contributed by atoms with Gasteiger partial charge in [0.25, 0.3) is 0 Å². The van der Waals surface area contributed by atoms with Crippen LogP contribution in [0.25, 0.3) is 0 Å². The van der Waals surface area contributed by atoms with Crippen LogP contribution in [-0.4, -0.2) is 10.1 Å². The van der Waals surface area contributed by atoms with Crippen molar-refractivity contribution in [1.82, 2.24) is 10.3 Å². The van der Waals surface area contributed by atoms with E-state index < -0.39 is 0 Å². The Balaban J connectivity index is 1.71. The quantitative estimate of drug-likeness (QED) is 0.791. The van der Waals surface area contributed by atoms with Gasteiger partial charge in [0, 0.05) is 23.7 Å². The van der Waals surface area contributed by atoms with Crippen molar-refractivity contribution >= 4 is 11.3 Å². The van der Waals surface area contributed by atoms with Crippen molar-refractivity contribution in [2.24, 2.45) is 0 Å². The molecule has 1 aliphatic carbocycles. The van der Waals surface area contributed by atoms with Crippen molar-refractivity contribution in [1.29, 1.82) is 0 Å². The zero-order chi connectivity index (χ0) is 12.5. The smallest absolute Gasteiger partial charge is 0.304 e. The molecule has 1 aromatic heterocycles. The highest BCUT2D eigenvalue weighted by atomic mass is 32.1. The largest absolute Gasteiger partial charge is 0.508 e. The minimum Gasteiger partial charge on any atom is -0.508 e. The van der Waals surface area contributed by atoms with Crippen molar-refractivity contribution < 1.29 is 5.11 Å². The van der Waals surface area contributed by atoms with E-state index in [1.165, 1.54) is 22.5 Å². The predicted octanol–water partition coefficient (Wildman–Crippen LogP) is 1.92. The maximum atomic E-state index is 11.0. The van der Waals surface area contributed by atoms with Gasteiger partial charge in [-0.1, -0.05) is 17.4 Å². The lowest BCUT2D eigenvalue weighted by Gasteiger charge is -2.13. The number of aryl methyl sites for hydroxylation is 1. The van der Waals surface area contributed by atoms with Crippen molar-refractivity contribution in [3.63, 3.8) is 0 Å². The van der Waals surface area contributed by atoms with E-state index in [0.29, 0.717) is 18.3 Å². The van der Waals surface area contributed by atoms with E-state index in [-0.39, 0.29) is 4.87 Å². The maximum absolute atomic E-state index is 11.0. The molecular formula is C13H14N2O2S. The fourth-order valence-corrected chi connectivity index (χ4v) is 3.03. The van der Waals surface area contributed by atoms with Crippen LogP contribution in [0.5, 0.6) is 5.75 Å². The number of nitrogens with one attached hydrogen (secondary N) is 2. The number of thiazole rings is 1. The van der Waals surface area contributed by atoms with E-state index in [4.69, 9.17) is 0 Å². The number of phenols is 1. The van der Waals surface area contributed by atoms with Crippen LogP contribution in [0.2, 0.25) is 0 Å². The Kier molecular flexibility index (Phi) is 2.93. The summed E-state index contributed by atoms with van der Waals surface area (Å²) in [5, 5.41) is 14.7. The summed E-state index contributed by atoms with van der Waals surface area (Å²) in [6.45, 7) is 0.670. The van der Waals surface area contributed by atoms with Crippen LogP contribution in [-0.2, 0) is 13.0 Å². The molecule has 5 heteroatoms. The van der Waals surface area contributed by atoms with Crippen LogP contribution in [0.15, 0.2) is 28.4 Å². The van der Waals surface area contributed by atoms with Gasteiger partial charge in [-0.25, -0.2) is 0 Å². The summed E-state index contributed by atoms with van der Waals surface area (Å²) in [5.41, 5.74) is 3.40. The summed E-state index contributed by atoms with van der Waals surface area (Å²) < 4.78 is 0. The number of H-pyrrole nitrogens is 1.